The molecule has 0 aliphatic carbocycles. The first-order valence-corrected chi connectivity index (χ1v) is 8.98. The normalized spacial score (nSPS) is 11.2. The van der Waals surface area contributed by atoms with Gasteiger partial charge in [0.1, 0.15) is 5.56 Å². The summed E-state index contributed by atoms with van der Waals surface area (Å²) in [6.45, 7) is 7.20. The molecule has 0 aliphatic heterocycles. The number of aromatic nitrogens is 5. The summed E-state index contributed by atoms with van der Waals surface area (Å²) in [5, 5.41) is 14.0. The highest BCUT2D eigenvalue weighted by molar-refractivity contribution is 7.99. The summed E-state index contributed by atoms with van der Waals surface area (Å²) in [7, 11) is 3.37. The second-order valence-electron chi connectivity index (χ2n) is 4.93. The van der Waals surface area contributed by atoms with Gasteiger partial charge in [0.25, 0.3) is 0 Å². The Morgan fingerprint density at radius 2 is 1.92 bits per heavy atom. The minimum Gasteiger partial charge on any atom is -0.476 e. The first kappa shape index (κ1) is 18.8. The van der Waals surface area contributed by atoms with Gasteiger partial charge in [-0.05, 0) is 13.8 Å². The van der Waals surface area contributed by atoms with Gasteiger partial charge in [-0.3, -0.25) is 9.25 Å². The quantitative estimate of drug-likeness (QED) is 0.450. The van der Waals surface area contributed by atoms with Crippen LogP contribution in [-0.2, 0) is 22.6 Å². The molecule has 0 aliphatic rings. The van der Waals surface area contributed by atoms with Crippen molar-refractivity contribution < 1.29 is 14.2 Å². The predicted molar refractivity (Wildman–Crippen MR) is 92.6 cm³/mol. The lowest BCUT2D eigenvalue weighted by Gasteiger charge is -2.09. The zero-order valence-corrected chi connectivity index (χ0v) is 15.5. The second kappa shape index (κ2) is 9.65. The molecule has 0 fully saturated rings. The Bertz CT molecular complexity index is 629. The van der Waals surface area contributed by atoms with Crippen LogP contribution in [0, 0.1) is 0 Å². The molecule has 134 valence electrons. The van der Waals surface area contributed by atoms with Crippen molar-refractivity contribution in [2.75, 3.05) is 39.8 Å². The Kier molecular flexibility index (Phi) is 7.54. The van der Waals surface area contributed by atoms with Crippen molar-refractivity contribution in [2.24, 2.45) is 0 Å². The summed E-state index contributed by atoms with van der Waals surface area (Å²) in [6.07, 6.45) is 1.95. The molecule has 2 rings (SSSR count). The molecule has 0 unspecified atom stereocenters. The molecule has 0 atom stereocenters. The number of ether oxygens (including phenoxy) is 3. The molecule has 0 amide bonds. The smallest absolute Gasteiger partial charge is 0.243 e. The number of hydrogen-bond acceptors (Lipinski definition) is 7. The molecule has 0 radical (unpaired) electrons. The van der Waals surface area contributed by atoms with Gasteiger partial charge in [-0.2, -0.15) is 0 Å². The topological polar surface area (TPSA) is 76.2 Å². The number of aryl methyl sites for hydroxylation is 1. The van der Waals surface area contributed by atoms with Crippen molar-refractivity contribution in [3.05, 3.63) is 6.20 Å². The van der Waals surface area contributed by atoms with Gasteiger partial charge in [-0.1, -0.05) is 11.8 Å². The minimum absolute atomic E-state index is 0.551. The van der Waals surface area contributed by atoms with Crippen molar-refractivity contribution in [2.45, 2.75) is 32.1 Å². The standard InChI is InChI=1S/C15H25N5O3S/c1-5-19-11-12(14(18-19)23-6-2)13-16-17-15(24-10-9-22-4)20(13)7-8-21-3/h11H,5-10H2,1-4H3. The summed E-state index contributed by atoms with van der Waals surface area (Å²) in [6, 6.07) is 0. The van der Waals surface area contributed by atoms with Crippen LogP contribution in [0.1, 0.15) is 13.8 Å². The molecule has 0 saturated heterocycles. The fourth-order valence-electron chi connectivity index (χ4n) is 2.16. The molecule has 2 aromatic heterocycles. The van der Waals surface area contributed by atoms with Crippen molar-refractivity contribution in [1.82, 2.24) is 24.5 Å². The number of rotatable bonds is 11. The zero-order chi connectivity index (χ0) is 17.4. The van der Waals surface area contributed by atoms with E-state index in [1.807, 2.05) is 29.3 Å². The maximum absolute atomic E-state index is 5.67. The molecule has 2 aromatic rings. The zero-order valence-electron chi connectivity index (χ0n) is 14.7. The van der Waals surface area contributed by atoms with Gasteiger partial charge in [0.15, 0.2) is 11.0 Å². The van der Waals surface area contributed by atoms with Crippen LogP contribution in [0.15, 0.2) is 11.4 Å². The van der Waals surface area contributed by atoms with Crippen LogP contribution in [0.25, 0.3) is 11.4 Å². The molecule has 0 spiro atoms. The van der Waals surface area contributed by atoms with E-state index in [2.05, 4.69) is 15.3 Å². The Morgan fingerprint density at radius 3 is 2.58 bits per heavy atom. The third-order valence-electron chi connectivity index (χ3n) is 3.33. The van der Waals surface area contributed by atoms with Crippen molar-refractivity contribution in [1.29, 1.82) is 0 Å². The Balaban J connectivity index is 2.35. The molecule has 0 bridgehead atoms. The second-order valence-corrected chi connectivity index (χ2v) is 5.99. The summed E-state index contributed by atoms with van der Waals surface area (Å²) in [4.78, 5) is 0. The van der Waals surface area contributed by atoms with Gasteiger partial charge < -0.3 is 14.2 Å². The third kappa shape index (κ3) is 4.49. The van der Waals surface area contributed by atoms with E-state index in [4.69, 9.17) is 14.2 Å². The van der Waals surface area contributed by atoms with Crippen molar-refractivity contribution in [3.63, 3.8) is 0 Å². The number of methoxy groups -OCH3 is 2. The summed E-state index contributed by atoms with van der Waals surface area (Å²) >= 11 is 1.61. The summed E-state index contributed by atoms with van der Waals surface area (Å²) in [5.41, 5.74) is 0.848. The van der Waals surface area contributed by atoms with E-state index in [-0.39, 0.29) is 0 Å². The van der Waals surface area contributed by atoms with Gasteiger partial charge in [-0.15, -0.1) is 15.3 Å². The SMILES string of the molecule is CCOc1nn(CC)cc1-c1nnc(SCCOC)n1CCOC. The van der Waals surface area contributed by atoms with Crippen LogP contribution in [0.3, 0.4) is 0 Å². The lowest BCUT2D eigenvalue weighted by Crippen LogP contribution is -2.08. The van der Waals surface area contributed by atoms with Crippen LogP contribution in [0.4, 0.5) is 0 Å². The lowest BCUT2D eigenvalue weighted by atomic mass is 10.3. The highest BCUT2D eigenvalue weighted by Crippen LogP contribution is 2.30. The van der Waals surface area contributed by atoms with Crippen LogP contribution >= 0.6 is 11.8 Å². The van der Waals surface area contributed by atoms with E-state index in [9.17, 15) is 0 Å². The maximum Gasteiger partial charge on any atom is 0.243 e. The van der Waals surface area contributed by atoms with Gasteiger partial charge in [0.2, 0.25) is 5.88 Å². The predicted octanol–water partition coefficient (Wildman–Crippen LogP) is 1.95. The average Bonchev–Trinajstić information content (AvgIpc) is 3.17. The first-order valence-electron chi connectivity index (χ1n) is 7.99. The summed E-state index contributed by atoms with van der Waals surface area (Å²) < 4.78 is 19.9. The number of thioether (sulfide) groups is 1. The molecular weight excluding hydrogens is 330 g/mol. The van der Waals surface area contributed by atoms with Gasteiger partial charge >= 0.3 is 0 Å². The average molecular weight is 355 g/mol. The highest BCUT2D eigenvalue weighted by atomic mass is 32.2. The van der Waals surface area contributed by atoms with E-state index < -0.39 is 0 Å². The van der Waals surface area contributed by atoms with Gasteiger partial charge in [0.05, 0.1) is 26.4 Å². The largest absolute Gasteiger partial charge is 0.476 e. The van der Waals surface area contributed by atoms with E-state index in [0.717, 1.165) is 28.8 Å². The first-order chi connectivity index (χ1) is 11.7. The molecule has 9 heteroatoms. The van der Waals surface area contributed by atoms with Crippen LogP contribution < -0.4 is 4.74 Å². The lowest BCUT2D eigenvalue weighted by molar-refractivity contribution is 0.185. The molecule has 2 heterocycles. The minimum atomic E-state index is 0.551. The van der Waals surface area contributed by atoms with Crippen LogP contribution in [0.2, 0.25) is 0 Å². The van der Waals surface area contributed by atoms with Crippen LogP contribution in [0.5, 0.6) is 5.88 Å². The summed E-state index contributed by atoms with van der Waals surface area (Å²) in [5.74, 6) is 2.14. The molecule has 0 saturated carbocycles. The Morgan fingerprint density at radius 1 is 1.12 bits per heavy atom. The van der Waals surface area contributed by atoms with E-state index in [0.29, 0.717) is 32.2 Å². The fraction of sp³-hybridized carbons (Fsp3) is 0.667. The monoisotopic (exact) mass is 355 g/mol. The van der Waals surface area contributed by atoms with E-state index in [1.54, 1.807) is 26.0 Å². The van der Waals surface area contributed by atoms with Crippen molar-refractivity contribution >= 4 is 11.8 Å². The van der Waals surface area contributed by atoms with E-state index in [1.165, 1.54) is 0 Å². The molecule has 8 nitrogen and oxygen atoms in total. The fourth-order valence-corrected chi connectivity index (χ4v) is 3.02. The molecule has 0 N–H and O–H groups in total. The van der Waals surface area contributed by atoms with Crippen molar-refractivity contribution in [3.8, 4) is 17.3 Å². The molecular formula is C15H25N5O3S. The van der Waals surface area contributed by atoms with Crippen LogP contribution in [-0.4, -0.2) is 64.3 Å². The Labute approximate surface area is 146 Å². The number of hydrogen-bond donors (Lipinski definition) is 0. The maximum atomic E-state index is 5.67. The molecule has 24 heavy (non-hydrogen) atoms. The number of nitrogens with zero attached hydrogens (tertiary/aromatic N) is 5. The molecule has 0 aromatic carbocycles. The van der Waals surface area contributed by atoms with Gasteiger partial charge in [0, 0.05) is 32.7 Å². The Hall–Kier alpha value is -1.58. The highest BCUT2D eigenvalue weighted by Gasteiger charge is 2.20. The third-order valence-corrected chi connectivity index (χ3v) is 4.26. The van der Waals surface area contributed by atoms with E-state index >= 15 is 0 Å². The van der Waals surface area contributed by atoms with Gasteiger partial charge in [-0.25, -0.2) is 0 Å².